The van der Waals surface area contributed by atoms with E-state index in [0.29, 0.717) is 22.9 Å². The molecule has 2 N–H and O–H groups in total. The van der Waals surface area contributed by atoms with Crippen LogP contribution in [0.4, 0.5) is 5.69 Å². The SMILES string of the molecule is Cc1ccc(N)cc1Oc1ncccc1C#N. The molecular weight excluding hydrogens is 214 g/mol. The van der Waals surface area contributed by atoms with Crippen LogP contribution in [0.2, 0.25) is 0 Å². The molecule has 0 bridgehead atoms. The number of aromatic nitrogens is 1. The molecule has 0 aliphatic rings. The summed E-state index contributed by atoms with van der Waals surface area (Å²) in [5.41, 5.74) is 7.63. The number of nitrogen functional groups attached to an aromatic ring is 1. The molecule has 2 rings (SSSR count). The van der Waals surface area contributed by atoms with E-state index in [1.807, 2.05) is 19.1 Å². The first-order valence-electron chi connectivity index (χ1n) is 5.10. The van der Waals surface area contributed by atoms with Crippen LogP contribution in [0.1, 0.15) is 11.1 Å². The van der Waals surface area contributed by atoms with Crippen LogP contribution in [0.3, 0.4) is 0 Å². The topological polar surface area (TPSA) is 71.9 Å². The minimum absolute atomic E-state index is 0.295. The Labute approximate surface area is 99.3 Å². The van der Waals surface area contributed by atoms with E-state index in [1.54, 1.807) is 30.5 Å². The monoisotopic (exact) mass is 225 g/mol. The van der Waals surface area contributed by atoms with Crippen LogP contribution >= 0.6 is 0 Å². The summed E-state index contributed by atoms with van der Waals surface area (Å²) in [5, 5.41) is 8.93. The Bertz CT molecular complexity index is 587. The molecule has 0 radical (unpaired) electrons. The lowest BCUT2D eigenvalue weighted by Gasteiger charge is -2.09. The van der Waals surface area contributed by atoms with Gasteiger partial charge in [0.15, 0.2) is 0 Å². The number of anilines is 1. The van der Waals surface area contributed by atoms with Crippen molar-refractivity contribution in [1.82, 2.24) is 4.98 Å². The van der Waals surface area contributed by atoms with Crippen LogP contribution in [0.15, 0.2) is 36.5 Å². The maximum absolute atomic E-state index is 8.93. The molecule has 84 valence electrons. The molecule has 4 heteroatoms. The molecule has 1 aromatic heterocycles. The third kappa shape index (κ3) is 2.34. The third-order valence-corrected chi connectivity index (χ3v) is 2.31. The number of nitrogens with two attached hydrogens (primary N) is 1. The van der Waals surface area contributed by atoms with Crippen LogP contribution in [-0.2, 0) is 0 Å². The summed E-state index contributed by atoms with van der Waals surface area (Å²) in [7, 11) is 0. The molecule has 2 aromatic rings. The fraction of sp³-hybridized carbons (Fsp3) is 0.0769. The highest BCUT2D eigenvalue weighted by molar-refractivity contribution is 5.50. The lowest BCUT2D eigenvalue weighted by Crippen LogP contribution is -1.94. The number of aryl methyl sites for hydroxylation is 1. The first kappa shape index (κ1) is 11.0. The summed E-state index contributed by atoms with van der Waals surface area (Å²) in [6.07, 6.45) is 1.58. The minimum atomic E-state index is 0.295. The van der Waals surface area contributed by atoms with E-state index in [4.69, 9.17) is 15.7 Å². The van der Waals surface area contributed by atoms with Crippen molar-refractivity contribution in [2.75, 3.05) is 5.73 Å². The number of ether oxygens (including phenoxy) is 1. The molecule has 0 fully saturated rings. The summed E-state index contributed by atoms with van der Waals surface area (Å²) in [4.78, 5) is 4.03. The Kier molecular flexibility index (Phi) is 2.93. The van der Waals surface area contributed by atoms with E-state index in [1.165, 1.54) is 0 Å². The first-order valence-corrected chi connectivity index (χ1v) is 5.10. The lowest BCUT2D eigenvalue weighted by atomic mass is 10.2. The molecule has 0 amide bonds. The van der Waals surface area contributed by atoms with E-state index < -0.39 is 0 Å². The van der Waals surface area contributed by atoms with Crippen molar-refractivity contribution < 1.29 is 4.74 Å². The number of rotatable bonds is 2. The minimum Gasteiger partial charge on any atom is -0.437 e. The Morgan fingerprint density at radius 1 is 1.35 bits per heavy atom. The first-order chi connectivity index (χ1) is 8.20. The molecule has 17 heavy (non-hydrogen) atoms. The van der Waals surface area contributed by atoms with E-state index >= 15 is 0 Å². The van der Waals surface area contributed by atoms with Crippen LogP contribution in [0.25, 0.3) is 0 Å². The van der Waals surface area contributed by atoms with Gasteiger partial charge in [-0.1, -0.05) is 6.07 Å². The van der Waals surface area contributed by atoms with Gasteiger partial charge in [-0.05, 0) is 30.7 Å². The summed E-state index contributed by atoms with van der Waals surface area (Å²) in [5.74, 6) is 0.906. The predicted octanol–water partition coefficient (Wildman–Crippen LogP) is 2.64. The quantitative estimate of drug-likeness (QED) is 0.797. The van der Waals surface area contributed by atoms with Gasteiger partial charge in [0.1, 0.15) is 17.4 Å². The fourth-order valence-corrected chi connectivity index (χ4v) is 1.39. The van der Waals surface area contributed by atoms with Gasteiger partial charge >= 0.3 is 0 Å². The van der Waals surface area contributed by atoms with Crippen LogP contribution in [0.5, 0.6) is 11.6 Å². The van der Waals surface area contributed by atoms with Crippen molar-refractivity contribution in [3.05, 3.63) is 47.7 Å². The van der Waals surface area contributed by atoms with Crippen molar-refractivity contribution in [1.29, 1.82) is 5.26 Å². The van der Waals surface area contributed by atoms with Crippen LogP contribution in [-0.4, -0.2) is 4.98 Å². The summed E-state index contributed by atoms with van der Waals surface area (Å²) in [6.45, 7) is 1.91. The number of nitriles is 1. The summed E-state index contributed by atoms with van der Waals surface area (Å²) < 4.78 is 5.60. The summed E-state index contributed by atoms with van der Waals surface area (Å²) >= 11 is 0. The van der Waals surface area contributed by atoms with E-state index in [-0.39, 0.29) is 0 Å². The second kappa shape index (κ2) is 4.54. The normalized spacial score (nSPS) is 9.65. The van der Waals surface area contributed by atoms with Crippen LogP contribution < -0.4 is 10.5 Å². The smallest absolute Gasteiger partial charge is 0.237 e. The molecular formula is C13H11N3O. The standard InChI is InChI=1S/C13H11N3O/c1-9-4-5-11(15)7-12(9)17-13-10(8-14)3-2-6-16-13/h2-7H,15H2,1H3. The zero-order chi connectivity index (χ0) is 12.3. The zero-order valence-corrected chi connectivity index (χ0v) is 9.34. The average Bonchev–Trinajstić information content (AvgIpc) is 2.34. The number of hydrogen-bond donors (Lipinski definition) is 1. The van der Waals surface area contributed by atoms with Gasteiger partial charge in [-0.2, -0.15) is 5.26 Å². The Morgan fingerprint density at radius 3 is 2.94 bits per heavy atom. The van der Waals surface area contributed by atoms with Crippen molar-refractivity contribution >= 4 is 5.69 Å². The molecule has 0 saturated heterocycles. The number of hydrogen-bond acceptors (Lipinski definition) is 4. The molecule has 0 spiro atoms. The molecule has 0 aliphatic heterocycles. The van der Waals surface area contributed by atoms with E-state index in [0.717, 1.165) is 5.56 Å². The van der Waals surface area contributed by atoms with Crippen molar-refractivity contribution in [3.63, 3.8) is 0 Å². The van der Waals surface area contributed by atoms with Crippen molar-refractivity contribution in [3.8, 4) is 17.7 Å². The lowest BCUT2D eigenvalue weighted by molar-refractivity contribution is 0.458. The highest BCUT2D eigenvalue weighted by Crippen LogP contribution is 2.27. The van der Waals surface area contributed by atoms with Gasteiger partial charge in [0.2, 0.25) is 5.88 Å². The second-order valence-electron chi connectivity index (χ2n) is 3.59. The molecule has 4 nitrogen and oxygen atoms in total. The molecule has 1 aromatic carbocycles. The van der Waals surface area contributed by atoms with Crippen molar-refractivity contribution in [2.24, 2.45) is 0 Å². The van der Waals surface area contributed by atoms with E-state index in [9.17, 15) is 0 Å². The van der Waals surface area contributed by atoms with Gasteiger partial charge in [0, 0.05) is 18.0 Å². The highest BCUT2D eigenvalue weighted by Gasteiger charge is 2.07. The predicted molar refractivity (Wildman–Crippen MR) is 64.6 cm³/mol. The number of nitrogens with zero attached hydrogens (tertiary/aromatic N) is 2. The molecule has 1 heterocycles. The second-order valence-corrected chi connectivity index (χ2v) is 3.59. The Balaban J connectivity index is 2.38. The van der Waals surface area contributed by atoms with Gasteiger partial charge in [0.25, 0.3) is 0 Å². The number of pyridine rings is 1. The number of benzene rings is 1. The maximum Gasteiger partial charge on any atom is 0.237 e. The molecule has 0 saturated carbocycles. The highest BCUT2D eigenvalue weighted by atomic mass is 16.5. The van der Waals surface area contributed by atoms with Gasteiger partial charge in [0.05, 0.1) is 0 Å². The van der Waals surface area contributed by atoms with Gasteiger partial charge in [-0.15, -0.1) is 0 Å². The van der Waals surface area contributed by atoms with Gasteiger partial charge in [-0.25, -0.2) is 4.98 Å². The zero-order valence-electron chi connectivity index (χ0n) is 9.34. The van der Waals surface area contributed by atoms with Crippen molar-refractivity contribution in [2.45, 2.75) is 6.92 Å². The maximum atomic E-state index is 8.93. The largest absolute Gasteiger partial charge is 0.437 e. The Hall–Kier alpha value is -2.54. The summed E-state index contributed by atoms with van der Waals surface area (Å²) in [6, 6.07) is 10.8. The Morgan fingerprint density at radius 2 is 2.18 bits per heavy atom. The van der Waals surface area contributed by atoms with E-state index in [2.05, 4.69) is 4.98 Å². The molecule has 0 aliphatic carbocycles. The fourth-order valence-electron chi connectivity index (χ4n) is 1.39. The third-order valence-electron chi connectivity index (χ3n) is 2.31. The van der Waals surface area contributed by atoms with Gasteiger partial charge < -0.3 is 10.5 Å². The molecule has 0 atom stereocenters. The van der Waals surface area contributed by atoms with Crippen LogP contribution in [0, 0.1) is 18.3 Å². The van der Waals surface area contributed by atoms with Gasteiger partial charge in [-0.3, -0.25) is 0 Å². The average molecular weight is 225 g/mol. The molecule has 0 unspecified atom stereocenters.